The van der Waals surface area contributed by atoms with E-state index in [1.54, 1.807) is 0 Å². The van der Waals surface area contributed by atoms with E-state index in [1.165, 1.54) is 12.8 Å². The zero-order valence-corrected chi connectivity index (χ0v) is 10.2. The Balaban J connectivity index is 2.01. The first-order valence-electron chi connectivity index (χ1n) is 6.60. The van der Waals surface area contributed by atoms with Crippen LogP contribution < -0.4 is 5.32 Å². The summed E-state index contributed by atoms with van der Waals surface area (Å²) in [5.41, 5.74) is -0.403. The van der Waals surface area contributed by atoms with E-state index >= 15 is 0 Å². The molecule has 16 heavy (non-hydrogen) atoms. The lowest BCUT2D eigenvalue weighted by atomic mass is 9.75. The molecular formula is C13H23NO2. The molecule has 0 unspecified atom stereocenters. The van der Waals surface area contributed by atoms with Gasteiger partial charge in [0.05, 0.1) is 12.1 Å². The number of amides is 1. The van der Waals surface area contributed by atoms with Crippen LogP contribution in [0, 0.1) is 5.41 Å². The summed E-state index contributed by atoms with van der Waals surface area (Å²) in [4.78, 5) is 12.3. The van der Waals surface area contributed by atoms with E-state index in [1.807, 2.05) is 0 Å². The molecule has 0 aromatic carbocycles. The predicted molar refractivity (Wildman–Crippen MR) is 63.0 cm³/mol. The Kier molecular flexibility index (Phi) is 3.24. The van der Waals surface area contributed by atoms with Gasteiger partial charge < -0.3 is 10.4 Å². The molecule has 0 spiro atoms. The Hall–Kier alpha value is -0.570. The van der Waals surface area contributed by atoms with Crippen LogP contribution in [-0.4, -0.2) is 23.2 Å². The predicted octanol–water partition coefficient (Wildman–Crippen LogP) is 1.99. The highest BCUT2D eigenvalue weighted by molar-refractivity contribution is 5.83. The van der Waals surface area contributed by atoms with E-state index in [9.17, 15) is 9.90 Å². The summed E-state index contributed by atoms with van der Waals surface area (Å²) >= 11 is 0. The molecule has 0 heterocycles. The highest BCUT2D eigenvalue weighted by Gasteiger charge is 2.45. The normalized spacial score (nSPS) is 26.1. The average molecular weight is 225 g/mol. The largest absolute Gasteiger partial charge is 0.394 e. The number of carbonyl (C=O) groups is 1. The van der Waals surface area contributed by atoms with Crippen LogP contribution in [0.1, 0.15) is 58.3 Å². The van der Waals surface area contributed by atoms with Gasteiger partial charge >= 0.3 is 0 Å². The molecule has 0 saturated heterocycles. The van der Waals surface area contributed by atoms with Gasteiger partial charge in [-0.1, -0.05) is 19.8 Å². The summed E-state index contributed by atoms with van der Waals surface area (Å²) in [6, 6.07) is 0. The molecule has 0 bridgehead atoms. The van der Waals surface area contributed by atoms with E-state index in [0.717, 1.165) is 38.5 Å². The maximum absolute atomic E-state index is 12.3. The molecule has 0 aliphatic heterocycles. The van der Waals surface area contributed by atoms with E-state index in [-0.39, 0.29) is 23.5 Å². The maximum atomic E-state index is 12.3. The van der Waals surface area contributed by atoms with Crippen molar-refractivity contribution in [3.05, 3.63) is 0 Å². The molecule has 2 fully saturated rings. The topological polar surface area (TPSA) is 49.3 Å². The summed E-state index contributed by atoms with van der Waals surface area (Å²) in [5, 5.41) is 12.5. The van der Waals surface area contributed by atoms with Crippen LogP contribution in [0.2, 0.25) is 0 Å². The van der Waals surface area contributed by atoms with Crippen LogP contribution in [0.15, 0.2) is 0 Å². The highest BCUT2D eigenvalue weighted by Crippen LogP contribution is 2.42. The van der Waals surface area contributed by atoms with Gasteiger partial charge in [0.1, 0.15) is 0 Å². The van der Waals surface area contributed by atoms with E-state index < -0.39 is 0 Å². The number of hydrogen-bond acceptors (Lipinski definition) is 2. The molecule has 0 atom stereocenters. The number of nitrogens with one attached hydrogen (secondary N) is 1. The van der Waals surface area contributed by atoms with E-state index in [4.69, 9.17) is 0 Å². The molecule has 2 aliphatic rings. The Morgan fingerprint density at radius 1 is 1.19 bits per heavy atom. The van der Waals surface area contributed by atoms with Crippen LogP contribution in [-0.2, 0) is 4.79 Å². The molecular weight excluding hydrogens is 202 g/mol. The molecule has 2 saturated carbocycles. The first-order valence-corrected chi connectivity index (χ1v) is 6.60. The van der Waals surface area contributed by atoms with Gasteiger partial charge in [0, 0.05) is 5.41 Å². The summed E-state index contributed by atoms with van der Waals surface area (Å²) < 4.78 is 0. The van der Waals surface area contributed by atoms with Crippen molar-refractivity contribution in [1.29, 1.82) is 0 Å². The van der Waals surface area contributed by atoms with Crippen LogP contribution in [0.4, 0.5) is 0 Å². The van der Waals surface area contributed by atoms with Gasteiger partial charge in [-0.25, -0.2) is 0 Å². The van der Waals surface area contributed by atoms with Crippen molar-refractivity contribution in [2.24, 2.45) is 5.41 Å². The van der Waals surface area contributed by atoms with Crippen molar-refractivity contribution < 1.29 is 9.90 Å². The second-order valence-corrected chi connectivity index (χ2v) is 5.59. The Morgan fingerprint density at radius 3 is 2.19 bits per heavy atom. The van der Waals surface area contributed by atoms with Gasteiger partial charge in [-0.3, -0.25) is 4.79 Å². The first-order chi connectivity index (χ1) is 7.66. The molecule has 2 aliphatic carbocycles. The minimum absolute atomic E-state index is 0.0958. The SMILES string of the molecule is CCC1(C(=O)NC2(CO)CCC2)CCCC1. The molecule has 3 nitrogen and oxygen atoms in total. The van der Waals surface area contributed by atoms with Crippen molar-refractivity contribution in [3.63, 3.8) is 0 Å². The fraction of sp³-hybridized carbons (Fsp3) is 0.923. The van der Waals surface area contributed by atoms with Gasteiger partial charge in [-0.2, -0.15) is 0 Å². The van der Waals surface area contributed by atoms with Gasteiger partial charge in [-0.15, -0.1) is 0 Å². The van der Waals surface area contributed by atoms with Crippen LogP contribution in [0.25, 0.3) is 0 Å². The molecule has 3 heteroatoms. The number of rotatable bonds is 4. The fourth-order valence-corrected chi connectivity index (χ4v) is 3.09. The highest BCUT2D eigenvalue weighted by atomic mass is 16.3. The quantitative estimate of drug-likeness (QED) is 0.768. The third-order valence-electron chi connectivity index (χ3n) is 4.71. The maximum Gasteiger partial charge on any atom is 0.226 e. The number of hydrogen-bond donors (Lipinski definition) is 2. The molecule has 0 radical (unpaired) electrons. The van der Waals surface area contributed by atoms with Crippen molar-refractivity contribution in [2.75, 3.05) is 6.61 Å². The van der Waals surface area contributed by atoms with E-state index in [2.05, 4.69) is 12.2 Å². The monoisotopic (exact) mass is 225 g/mol. The standard InChI is InChI=1S/C13H23NO2/c1-2-12(6-3-4-7-12)11(16)14-13(10-15)8-5-9-13/h15H,2-10H2,1H3,(H,14,16). The summed E-state index contributed by atoms with van der Waals surface area (Å²) in [6.45, 7) is 2.20. The molecule has 2 N–H and O–H groups in total. The minimum Gasteiger partial charge on any atom is -0.394 e. The Labute approximate surface area is 97.6 Å². The van der Waals surface area contributed by atoms with E-state index in [0.29, 0.717) is 0 Å². The van der Waals surface area contributed by atoms with Crippen LogP contribution in [0.5, 0.6) is 0 Å². The van der Waals surface area contributed by atoms with Gasteiger partial charge in [-0.05, 0) is 38.5 Å². The van der Waals surface area contributed by atoms with Crippen LogP contribution in [0.3, 0.4) is 0 Å². The van der Waals surface area contributed by atoms with Crippen molar-refractivity contribution in [1.82, 2.24) is 5.32 Å². The lowest BCUT2D eigenvalue weighted by molar-refractivity contribution is -0.135. The van der Waals surface area contributed by atoms with Gasteiger partial charge in [0.25, 0.3) is 0 Å². The second kappa shape index (κ2) is 4.36. The van der Waals surface area contributed by atoms with Gasteiger partial charge in [0.15, 0.2) is 0 Å². The molecule has 0 aromatic heterocycles. The lowest BCUT2D eigenvalue weighted by Crippen LogP contribution is -2.59. The van der Waals surface area contributed by atoms with Crippen molar-refractivity contribution >= 4 is 5.91 Å². The number of aliphatic hydroxyl groups is 1. The molecule has 1 amide bonds. The number of aliphatic hydroxyl groups excluding tert-OH is 1. The Bertz CT molecular complexity index is 260. The average Bonchev–Trinajstić information content (AvgIpc) is 2.73. The fourth-order valence-electron chi connectivity index (χ4n) is 3.09. The molecule has 0 aromatic rings. The van der Waals surface area contributed by atoms with Crippen molar-refractivity contribution in [2.45, 2.75) is 63.8 Å². The molecule has 92 valence electrons. The summed E-state index contributed by atoms with van der Waals surface area (Å²) in [5.74, 6) is 0.196. The number of carbonyl (C=O) groups excluding carboxylic acids is 1. The summed E-state index contributed by atoms with van der Waals surface area (Å²) in [6.07, 6.45) is 8.33. The summed E-state index contributed by atoms with van der Waals surface area (Å²) in [7, 11) is 0. The zero-order valence-electron chi connectivity index (χ0n) is 10.2. The zero-order chi connectivity index (χ0) is 11.6. The third kappa shape index (κ3) is 1.86. The minimum atomic E-state index is -0.276. The first kappa shape index (κ1) is 11.9. The van der Waals surface area contributed by atoms with Gasteiger partial charge in [0.2, 0.25) is 5.91 Å². The molecule has 2 rings (SSSR count). The van der Waals surface area contributed by atoms with Crippen LogP contribution >= 0.6 is 0 Å². The third-order valence-corrected chi connectivity index (χ3v) is 4.71. The second-order valence-electron chi connectivity index (χ2n) is 5.59. The lowest BCUT2D eigenvalue weighted by Gasteiger charge is -2.43. The smallest absolute Gasteiger partial charge is 0.226 e. The van der Waals surface area contributed by atoms with Crippen molar-refractivity contribution in [3.8, 4) is 0 Å². The Morgan fingerprint density at radius 2 is 1.81 bits per heavy atom.